The Morgan fingerprint density at radius 1 is 1.26 bits per heavy atom. The first-order valence-electron chi connectivity index (χ1n) is 8.08. The second-order valence-electron chi connectivity index (χ2n) is 6.07. The number of methoxy groups -OCH3 is 1. The lowest BCUT2D eigenvalue weighted by atomic mass is 9.89. The SMILES string of the molecule is CCC(C)[C@H](c1ccc(C(F)(F)F)cc1OC)N1CCNCC1. The number of hydrogen-bond donors (Lipinski definition) is 1. The van der Waals surface area contributed by atoms with Gasteiger partial charge in [-0.2, -0.15) is 13.2 Å². The summed E-state index contributed by atoms with van der Waals surface area (Å²) < 4.78 is 44.1. The van der Waals surface area contributed by atoms with E-state index in [0.717, 1.165) is 50.3 Å². The smallest absolute Gasteiger partial charge is 0.416 e. The van der Waals surface area contributed by atoms with E-state index in [1.807, 2.05) is 0 Å². The van der Waals surface area contributed by atoms with Crippen LogP contribution in [-0.4, -0.2) is 38.2 Å². The molecule has 2 rings (SSSR count). The van der Waals surface area contributed by atoms with Crippen molar-refractivity contribution in [2.45, 2.75) is 32.5 Å². The van der Waals surface area contributed by atoms with Crippen molar-refractivity contribution < 1.29 is 17.9 Å². The van der Waals surface area contributed by atoms with E-state index in [0.29, 0.717) is 11.7 Å². The van der Waals surface area contributed by atoms with Crippen molar-refractivity contribution in [2.24, 2.45) is 5.92 Å². The van der Waals surface area contributed by atoms with E-state index < -0.39 is 11.7 Å². The zero-order valence-electron chi connectivity index (χ0n) is 13.9. The van der Waals surface area contributed by atoms with Gasteiger partial charge in [-0.15, -0.1) is 0 Å². The maximum Gasteiger partial charge on any atom is 0.416 e. The standard InChI is InChI=1S/C17H25F3N2O/c1-4-12(2)16(22-9-7-21-8-10-22)14-6-5-13(17(18,19)20)11-15(14)23-3/h5-6,11-12,16,21H,4,7-10H2,1-3H3/t12?,16-/m1/s1. The van der Waals surface area contributed by atoms with Gasteiger partial charge in [0.2, 0.25) is 0 Å². The molecule has 0 spiro atoms. The molecule has 0 radical (unpaired) electrons. The highest BCUT2D eigenvalue weighted by molar-refractivity contribution is 5.41. The van der Waals surface area contributed by atoms with Gasteiger partial charge in [0.1, 0.15) is 5.75 Å². The van der Waals surface area contributed by atoms with Crippen LogP contribution < -0.4 is 10.1 Å². The van der Waals surface area contributed by atoms with Crippen LogP contribution in [0, 0.1) is 5.92 Å². The fourth-order valence-corrected chi connectivity index (χ4v) is 3.18. The summed E-state index contributed by atoms with van der Waals surface area (Å²) >= 11 is 0. The minimum absolute atomic E-state index is 0.0688. The lowest BCUT2D eigenvalue weighted by Crippen LogP contribution is -2.46. The van der Waals surface area contributed by atoms with Crippen LogP contribution in [0.25, 0.3) is 0 Å². The van der Waals surface area contributed by atoms with Crippen molar-refractivity contribution in [3.8, 4) is 5.75 Å². The first-order valence-corrected chi connectivity index (χ1v) is 8.08. The monoisotopic (exact) mass is 330 g/mol. The second-order valence-corrected chi connectivity index (χ2v) is 6.07. The number of nitrogens with zero attached hydrogens (tertiary/aromatic N) is 1. The van der Waals surface area contributed by atoms with Crippen LogP contribution in [0.4, 0.5) is 13.2 Å². The van der Waals surface area contributed by atoms with E-state index in [1.54, 1.807) is 6.07 Å². The molecule has 0 bridgehead atoms. The van der Waals surface area contributed by atoms with Gasteiger partial charge in [0.15, 0.2) is 0 Å². The Bertz CT molecular complexity index is 513. The highest BCUT2D eigenvalue weighted by atomic mass is 19.4. The Balaban J connectivity index is 2.41. The molecule has 2 atom stereocenters. The molecule has 1 saturated heterocycles. The molecule has 1 aliphatic heterocycles. The van der Waals surface area contributed by atoms with Crippen molar-refractivity contribution in [1.82, 2.24) is 10.2 Å². The number of alkyl halides is 3. The van der Waals surface area contributed by atoms with Crippen LogP contribution in [0.15, 0.2) is 18.2 Å². The number of hydrogen-bond acceptors (Lipinski definition) is 3. The molecular weight excluding hydrogens is 305 g/mol. The van der Waals surface area contributed by atoms with Gasteiger partial charge >= 0.3 is 6.18 Å². The average molecular weight is 330 g/mol. The molecule has 1 N–H and O–H groups in total. The van der Waals surface area contributed by atoms with Gasteiger partial charge < -0.3 is 10.1 Å². The molecule has 1 aromatic rings. The second kappa shape index (κ2) is 7.53. The molecule has 1 fully saturated rings. The number of halogens is 3. The number of benzene rings is 1. The predicted molar refractivity (Wildman–Crippen MR) is 84.6 cm³/mol. The molecule has 0 aliphatic carbocycles. The van der Waals surface area contributed by atoms with E-state index in [2.05, 4.69) is 24.1 Å². The van der Waals surface area contributed by atoms with E-state index >= 15 is 0 Å². The molecule has 1 unspecified atom stereocenters. The summed E-state index contributed by atoms with van der Waals surface area (Å²) in [6.07, 6.45) is -3.40. The van der Waals surface area contributed by atoms with Crippen molar-refractivity contribution in [1.29, 1.82) is 0 Å². The highest BCUT2D eigenvalue weighted by Gasteiger charge is 2.34. The zero-order chi connectivity index (χ0) is 17.0. The normalized spacial score (nSPS) is 19.4. The lowest BCUT2D eigenvalue weighted by molar-refractivity contribution is -0.137. The minimum atomic E-state index is -4.35. The van der Waals surface area contributed by atoms with Crippen LogP contribution >= 0.6 is 0 Å². The summed E-state index contributed by atoms with van der Waals surface area (Å²) in [5.74, 6) is 0.655. The average Bonchev–Trinajstić information content (AvgIpc) is 2.55. The molecule has 6 heteroatoms. The van der Waals surface area contributed by atoms with E-state index in [1.165, 1.54) is 7.11 Å². The quantitative estimate of drug-likeness (QED) is 0.891. The first-order chi connectivity index (χ1) is 10.9. The summed E-state index contributed by atoms with van der Waals surface area (Å²) in [5, 5.41) is 3.31. The lowest BCUT2D eigenvalue weighted by Gasteiger charge is -2.39. The van der Waals surface area contributed by atoms with Gasteiger partial charge in [0, 0.05) is 37.8 Å². The van der Waals surface area contributed by atoms with E-state index in [9.17, 15) is 13.2 Å². The van der Waals surface area contributed by atoms with Crippen molar-refractivity contribution in [2.75, 3.05) is 33.3 Å². The molecule has 23 heavy (non-hydrogen) atoms. The largest absolute Gasteiger partial charge is 0.496 e. The van der Waals surface area contributed by atoms with Crippen LogP contribution in [-0.2, 0) is 6.18 Å². The molecule has 3 nitrogen and oxygen atoms in total. The maximum atomic E-state index is 12.9. The number of nitrogens with one attached hydrogen (secondary N) is 1. The van der Waals surface area contributed by atoms with Crippen molar-refractivity contribution >= 4 is 0 Å². The van der Waals surface area contributed by atoms with Gasteiger partial charge in [0.25, 0.3) is 0 Å². The van der Waals surface area contributed by atoms with Gasteiger partial charge in [-0.3, -0.25) is 4.90 Å². The number of rotatable bonds is 5. The van der Waals surface area contributed by atoms with Crippen LogP contribution in [0.5, 0.6) is 5.75 Å². The van der Waals surface area contributed by atoms with Crippen LogP contribution in [0.2, 0.25) is 0 Å². The van der Waals surface area contributed by atoms with Gasteiger partial charge in [0.05, 0.1) is 12.7 Å². The summed E-state index contributed by atoms with van der Waals surface area (Å²) in [6, 6.07) is 3.93. The Morgan fingerprint density at radius 2 is 1.91 bits per heavy atom. The summed E-state index contributed by atoms with van der Waals surface area (Å²) in [7, 11) is 1.43. The third-order valence-electron chi connectivity index (χ3n) is 4.61. The van der Waals surface area contributed by atoms with Crippen LogP contribution in [0.3, 0.4) is 0 Å². The molecular formula is C17H25F3N2O. The molecule has 1 aromatic carbocycles. The summed E-state index contributed by atoms with van der Waals surface area (Å²) in [5.41, 5.74) is 0.179. The number of ether oxygens (including phenoxy) is 1. The van der Waals surface area contributed by atoms with Crippen LogP contribution in [0.1, 0.15) is 37.4 Å². The molecule has 0 amide bonds. The molecule has 130 valence electrons. The Morgan fingerprint density at radius 3 is 2.43 bits per heavy atom. The predicted octanol–water partition coefficient (Wildman–Crippen LogP) is 3.71. The Hall–Kier alpha value is -1.27. The van der Waals surface area contributed by atoms with Gasteiger partial charge in [-0.25, -0.2) is 0 Å². The van der Waals surface area contributed by atoms with Crippen molar-refractivity contribution in [3.05, 3.63) is 29.3 Å². The topological polar surface area (TPSA) is 24.5 Å². The molecule has 0 aromatic heterocycles. The zero-order valence-corrected chi connectivity index (χ0v) is 13.9. The van der Waals surface area contributed by atoms with Gasteiger partial charge in [-0.1, -0.05) is 26.3 Å². The molecule has 0 saturated carbocycles. The fourth-order valence-electron chi connectivity index (χ4n) is 3.18. The Kier molecular flexibility index (Phi) is 5.92. The molecule has 1 heterocycles. The van der Waals surface area contributed by atoms with E-state index in [4.69, 9.17) is 4.74 Å². The Labute approximate surface area is 135 Å². The highest BCUT2D eigenvalue weighted by Crippen LogP contribution is 2.39. The van der Waals surface area contributed by atoms with E-state index in [-0.39, 0.29) is 6.04 Å². The summed E-state index contributed by atoms with van der Waals surface area (Å²) in [6.45, 7) is 7.82. The first kappa shape index (κ1) is 18.1. The third kappa shape index (κ3) is 4.18. The summed E-state index contributed by atoms with van der Waals surface area (Å²) in [4.78, 5) is 2.34. The molecule has 1 aliphatic rings. The maximum absolute atomic E-state index is 12.9. The minimum Gasteiger partial charge on any atom is -0.496 e. The third-order valence-corrected chi connectivity index (χ3v) is 4.61. The van der Waals surface area contributed by atoms with Crippen molar-refractivity contribution in [3.63, 3.8) is 0 Å². The fraction of sp³-hybridized carbons (Fsp3) is 0.647. The van der Waals surface area contributed by atoms with Gasteiger partial charge in [-0.05, 0) is 18.1 Å². The number of piperazine rings is 1.